The Labute approximate surface area is 92.9 Å². The topological polar surface area (TPSA) is 42.0 Å². The lowest BCUT2D eigenvalue weighted by Gasteiger charge is -2.22. The van der Waals surface area contributed by atoms with E-state index in [0.717, 1.165) is 5.56 Å². The Hall–Kier alpha value is -1.52. The Morgan fingerprint density at radius 1 is 1.50 bits per heavy atom. The summed E-state index contributed by atoms with van der Waals surface area (Å²) in [5, 5.41) is 2.40. The lowest BCUT2D eigenvalue weighted by molar-refractivity contribution is -0.131. The molecule has 0 spiro atoms. The molecule has 3 nitrogen and oxygen atoms in total. The molecule has 0 saturated heterocycles. The van der Waals surface area contributed by atoms with Gasteiger partial charge in [-0.25, -0.2) is 13.8 Å². The molecule has 5 heteroatoms. The van der Waals surface area contributed by atoms with Crippen LogP contribution in [0.25, 0.3) is 0 Å². The van der Waals surface area contributed by atoms with Crippen LogP contribution in [0.15, 0.2) is 18.3 Å². The van der Waals surface area contributed by atoms with Crippen LogP contribution in [0.2, 0.25) is 0 Å². The van der Waals surface area contributed by atoms with E-state index in [1.807, 2.05) is 0 Å². The van der Waals surface area contributed by atoms with E-state index < -0.39 is 17.7 Å². The van der Waals surface area contributed by atoms with Gasteiger partial charge in [0, 0.05) is 6.20 Å². The number of carbonyl (C=O) groups is 1. The van der Waals surface area contributed by atoms with Crippen molar-refractivity contribution >= 4 is 11.7 Å². The lowest BCUT2D eigenvalue weighted by Crippen LogP contribution is -2.37. The van der Waals surface area contributed by atoms with Crippen molar-refractivity contribution in [2.75, 3.05) is 5.32 Å². The van der Waals surface area contributed by atoms with Crippen LogP contribution in [0.3, 0.4) is 0 Å². The van der Waals surface area contributed by atoms with Crippen molar-refractivity contribution in [3.05, 3.63) is 23.9 Å². The Morgan fingerprint density at radius 2 is 2.12 bits per heavy atom. The lowest BCUT2D eigenvalue weighted by atomic mass is 9.93. The number of anilines is 1. The summed E-state index contributed by atoms with van der Waals surface area (Å²) < 4.78 is 25.2. The third-order valence-corrected chi connectivity index (χ3v) is 2.37. The van der Waals surface area contributed by atoms with Crippen molar-refractivity contribution in [2.45, 2.75) is 27.2 Å². The van der Waals surface area contributed by atoms with Crippen LogP contribution in [0.4, 0.5) is 14.6 Å². The molecule has 16 heavy (non-hydrogen) atoms. The molecule has 1 amide bonds. The summed E-state index contributed by atoms with van der Waals surface area (Å²) in [5.41, 5.74) is -0.981. The van der Waals surface area contributed by atoms with Gasteiger partial charge in [0.2, 0.25) is 5.91 Å². The Balaban J connectivity index is 2.84. The molecule has 88 valence electrons. The van der Waals surface area contributed by atoms with Crippen molar-refractivity contribution in [3.8, 4) is 0 Å². The molecule has 0 aliphatic rings. The zero-order valence-electron chi connectivity index (χ0n) is 9.42. The molecule has 0 bridgehead atoms. The Kier molecular flexibility index (Phi) is 3.57. The maximum absolute atomic E-state index is 12.6. The molecule has 0 saturated carbocycles. The summed E-state index contributed by atoms with van der Waals surface area (Å²) in [4.78, 5) is 15.5. The average Bonchev–Trinajstić information content (AvgIpc) is 2.21. The summed E-state index contributed by atoms with van der Waals surface area (Å²) >= 11 is 0. The number of aromatic nitrogens is 1. The van der Waals surface area contributed by atoms with Gasteiger partial charge in [-0.2, -0.15) is 0 Å². The molecule has 0 aromatic carbocycles. The SMILES string of the molecule is Cc1cccnc1NC(=O)C(C)(C)C(F)F. The van der Waals surface area contributed by atoms with Gasteiger partial charge >= 0.3 is 0 Å². The van der Waals surface area contributed by atoms with Crippen LogP contribution in [0, 0.1) is 12.3 Å². The van der Waals surface area contributed by atoms with Gasteiger partial charge in [-0.1, -0.05) is 6.07 Å². The normalized spacial score (nSPS) is 11.6. The largest absolute Gasteiger partial charge is 0.310 e. The second kappa shape index (κ2) is 4.55. The van der Waals surface area contributed by atoms with Gasteiger partial charge in [0.05, 0.1) is 0 Å². The number of nitrogens with zero attached hydrogens (tertiary/aromatic N) is 1. The van der Waals surface area contributed by atoms with E-state index in [-0.39, 0.29) is 0 Å². The van der Waals surface area contributed by atoms with Crippen molar-refractivity contribution in [1.29, 1.82) is 0 Å². The maximum Gasteiger partial charge on any atom is 0.252 e. The average molecular weight is 228 g/mol. The number of amides is 1. The third kappa shape index (κ3) is 2.53. The van der Waals surface area contributed by atoms with Crippen LogP contribution in [-0.4, -0.2) is 17.3 Å². The molecule has 1 rings (SSSR count). The van der Waals surface area contributed by atoms with Gasteiger partial charge in [-0.3, -0.25) is 4.79 Å². The molecular formula is C11H14F2N2O. The number of carbonyl (C=O) groups excluding carboxylic acids is 1. The van der Waals surface area contributed by atoms with Gasteiger partial charge in [-0.05, 0) is 32.4 Å². The second-order valence-corrected chi connectivity index (χ2v) is 4.15. The van der Waals surface area contributed by atoms with Gasteiger partial charge in [0.15, 0.2) is 0 Å². The van der Waals surface area contributed by atoms with Crippen molar-refractivity contribution in [2.24, 2.45) is 5.41 Å². The van der Waals surface area contributed by atoms with Crippen molar-refractivity contribution in [1.82, 2.24) is 4.98 Å². The number of aryl methyl sites for hydroxylation is 1. The number of pyridine rings is 1. The molecule has 1 aromatic heterocycles. The van der Waals surface area contributed by atoms with E-state index in [1.54, 1.807) is 19.1 Å². The molecule has 1 heterocycles. The van der Waals surface area contributed by atoms with Crippen LogP contribution >= 0.6 is 0 Å². The summed E-state index contributed by atoms with van der Waals surface area (Å²) in [5.74, 6) is -0.412. The molecule has 1 aromatic rings. The number of halogens is 2. The number of hydrogen-bond donors (Lipinski definition) is 1. The van der Waals surface area contributed by atoms with E-state index in [2.05, 4.69) is 10.3 Å². The first-order valence-electron chi connectivity index (χ1n) is 4.87. The highest BCUT2D eigenvalue weighted by atomic mass is 19.3. The van der Waals surface area contributed by atoms with Gasteiger partial charge in [0.1, 0.15) is 11.2 Å². The highest BCUT2D eigenvalue weighted by molar-refractivity contribution is 5.94. The summed E-state index contributed by atoms with van der Waals surface area (Å²) in [7, 11) is 0. The molecule has 0 unspecified atom stereocenters. The van der Waals surface area contributed by atoms with E-state index in [9.17, 15) is 13.6 Å². The first-order valence-corrected chi connectivity index (χ1v) is 4.87. The minimum atomic E-state index is -2.71. The van der Waals surface area contributed by atoms with Gasteiger partial charge in [-0.15, -0.1) is 0 Å². The second-order valence-electron chi connectivity index (χ2n) is 4.15. The Morgan fingerprint density at radius 3 is 2.62 bits per heavy atom. The molecule has 0 aliphatic carbocycles. The monoisotopic (exact) mass is 228 g/mol. The van der Waals surface area contributed by atoms with E-state index in [4.69, 9.17) is 0 Å². The first kappa shape index (κ1) is 12.5. The van der Waals surface area contributed by atoms with Crippen LogP contribution < -0.4 is 5.32 Å². The zero-order valence-corrected chi connectivity index (χ0v) is 9.42. The third-order valence-electron chi connectivity index (χ3n) is 2.37. The minimum Gasteiger partial charge on any atom is -0.310 e. The predicted molar refractivity (Wildman–Crippen MR) is 57.4 cm³/mol. The Bertz CT molecular complexity index is 391. The molecule has 0 fully saturated rings. The quantitative estimate of drug-likeness (QED) is 0.864. The van der Waals surface area contributed by atoms with E-state index in [0.29, 0.717) is 5.82 Å². The number of rotatable bonds is 3. The first-order chi connectivity index (χ1) is 7.35. The number of hydrogen-bond acceptors (Lipinski definition) is 2. The number of nitrogens with one attached hydrogen (secondary N) is 1. The standard InChI is InChI=1S/C11H14F2N2O/c1-7-5-4-6-14-8(7)15-10(16)11(2,3)9(12)13/h4-6,9H,1-3H3,(H,14,15,16). The fourth-order valence-corrected chi connectivity index (χ4v) is 0.984. The summed E-state index contributed by atoms with van der Waals surface area (Å²) in [6, 6.07) is 3.46. The molecule has 0 atom stereocenters. The highest BCUT2D eigenvalue weighted by Gasteiger charge is 2.37. The minimum absolute atomic E-state index is 0.321. The maximum atomic E-state index is 12.6. The van der Waals surface area contributed by atoms with Crippen LogP contribution in [-0.2, 0) is 4.79 Å². The van der Waals surface area contributed by atoms with E-state index in [1.165, 1.54) is 20.0 Å². The van der Waals surface area contributed by atoms with Crippen molar-refractivity contribution in [3.63, 3.8) is 0 Å². The highest BCUT2D eigenvalue weighted by Crippen LogP contribution is 2.26. The predicted octanol–water partition coefficient (Wildman–Crippen LogP) is 2.62. The molecule has 0 radical (unpaired) electrons. The molecular weight excluding hydrogens is 214 g/mol. The van der Waals surface area contributed by atoms with E-state index >= 15 is 0 Å². The van der Waals surface area contributed by atoms with Gasteiger partial charge < -0.3 is 5.32 Å². The fourth-order valence-electron chi connectivity index (χ4n) is 0.984. The summed E-state index contributed by atoms with van der Waals surface area (Å²) in [6.07, 6.45) is -1.21. The zero-order chi connectivity index (χ0) is 12.3. The smallest absolute Gasteiger partial charge is 0.252 e. The fraction of sp³-hybridized carbons (Fsp3) is 0.455. The van der Waals surface area contributed by atoms with Gasteiger partial charge in [0.25, 0.3) is 6.43 Å². The number of alkyl halides is 2. The molecule has 1 N–H and O–H groups in total. The molecule has 0 aliphatic heterocycles. The summed E-state index contributed by atoms with van der Waals surface area (Å²) in [6.45, 7) is 4.15. The van der Waals surface area contributed by atoms with Crippen LogP contribution in [0.1, 0.15) is 19.4 Å². The van der Waals surface area contributed by atoms with Crippen LogP contribution in [0.5, 0.6) is 0 Å². The van der Waals surface area contributed by atoms with Crippen molar-refractivity contribution < 1.29 is 13.6 Å².